The van der Waals surface area contributed by atoms with Crippen molar-refractivity contribution in [2.24, 2.45) is 0 Å². The van der Waals surface area contributed by atoms with Crippen molar-refractivity contribution >= 4 is 29.1 Å². The Morgan fingerprint density at radius 1 is 1.06 bits per heavy atom. The molecule has 2 aliphatic rings. The Hall–Kier alpha value is -1.84. The summed E-state index contributed by atoms with van der Waals surface area (Å²) in [5.41, 5.74) is -0.919. The maximum Gasteiger partial charge on any atom is 0.417 e. The number of alkyl halides is 3. The summed E-state index contributed by atoms with van der Waals surface area (Å²) in [7, 11) is 0. The van der Waals surface area contributed by atoms with E-state index in [4.69, 9.17) is 11.6 Å². The lowest BCUT2D eigenvalue weighted by molar-refractivity contribution is -0.137. The Morgan fingerprint density at radius 2 is 1.72 bits per heavy atom. The molecule has 0 saturated carbocycles. The predicted octanol–water partition coefficient (Wildman–Crippen LogP) is 3.71. The summed E-state index contributed by atoms with van der Waals surface area (Å²) in [6.07, 6.45) is -0.299. The Kier molecular flexibility index (Phi) is 8.41. The molecule has 2 fully saturated rings. The van der Waals surface area contributed by atoms with Gasteiger partial charge in [-0.05, 0) is 43.9 Å². The van der Waals surface area contributed by atoms with Crippen molar-refractivity contribution in [3.63, 3.8) is 0 Å². The average Bonchev–Trinajstić information content (AvgIpc) is 2.75. The summed E-state index contributed by atoms with van der Waals surface area (Å²) in [6.45, 7) is 5.99. The molecule has 1 aromatic carbocycles. The molecule has 1 aromatic rings. The number of anilines is 1. The number of nitrogens with zero attached hydrogens (tertiary/aromatic N) is 3. The topological polar surface area (TPSA) is 55.9 Å². The molecule has 3 rings (SSSR count). The van der Waals surface area contributed by atoms with Gasteiger partial charge in [-0.1, -0.05) is 18.5 Å². The van der Waals surface area contributed by atoms with E-state index in [0.717, 1.165) is 37.9 Å². The first-order valence-corrected chi connectivity index (χ1v) is 11.5. The van der Waals surface area contributed by atoms with Gasteiger partial charge in [0.2, 0.25) is 11.8 Å². The zero-order chi connectivity index (χ0) is 23.3. The molecule has 178 valence electrons. The van der Waals surface area contributed by atoms with Crippen molar-refractivity contribution in [2.75, 3.05) is 51.1 Å². The first-order valence-electron chi connectivity index (χ1n) is 11.1. The molecule has 6 nitrogen and oxygen atoms in total. The average molecular weight is 475 g/mol. The van der Waals surface area contributed by atoms with Crippen LogP contribution in [-0.4, -0.2) is 78.4 Å². The minimum absolute atomic E-state index is 0.0583. The molecule has 0 unspecified atom stereocenters. The molecule has 0 radical (unpaired) electrons. The number of amides is 2. The first kappa shape index (κ1) is 24.8. The Labute approximate surface area is 191 Å². The SMILES string of the molecule is CC[C@H]1CCCCN1C(=O)CN1CCN(CC(=O)Nc2ccc(Cl)c(C(F)(F)F)c2)CC1. The zero-order valence-electron chi connectivity index (χ0n) is 18.3. The third-order valence-corrected chi connectivity index (χ3v) is 6.49. The first-order chi connectivity index (χ1) is 15.2. The molecular weight excluding hydrogens is 445 g/mol. The molecule has 0 aromatic heterocycles. The molecule has 32 heavy (non-hydrogen) atoms. The molecule has 0 aliphatic carbocycles. The van der Waals surface area contributed by atoms with Crippen LogP contribution in [0.25, 0.3) is 0 Å². The van der Waals surface area contributed by atoms with Crippen molar-refractivity contribution in [1.82, 2.24) is 14.7 Å². The van der Waals surface area contributed by atoms with Crippen LogP contribution in [0.3, 0.4) is 0 Å². The summed E-state index contributed by atoms with van der Waals surface area (Å²) in [5, 5.41) is 2.11. The monoisotopic (exact) mass is 474 g/mol. The number of benzene rings is 1. The van der Waals surface area contributed by atoms with Crippen molar-refractivity contribution < 1.29 is 22.8 Å². The fourth-order valence-electron chi connectivity index (χ4n) is 4.36. The van der Waals surface area contributed by atoms with Gasteiger partial charge in [-0.15, -0.1) is 0 Å². The largest absolute Gasteiger partial charge is 0.417 e. The van der Waals surface area contributed by atoms with Crippen LogP contribution in [-0.2, 0) is 15.8 Å². The second kappa shape index (κ2) is 10.9. The standard InChI is InChI=1S/C22H30ClF3N4O2/c1-2-17-5-3-4-8-30(17)21(32)15-29-11-9-28(10-12-29)14-20(31)27-16-6-7-19(23)18(13-16)22(24,25)26/h6-7,13,17H,2-5,8-12,14-15H2,1H3,(H,27,31)/t17-/m0/s1. The molecule has 2 saturated heterocycles. The van der Waals surface area contributed by atoms with Crippen LogP contribution in [0.2, 0.25) is 5.02 Å². The normalized spacial score (nSPS) is 20.9. The van der Waals surface area contributed by atoms with Crippen molar-refractivity contribution in [1.29, 1.82) is 0 Å². The molecule has 2 amide bonds. The summed E-state index contributed by atoms with van der Waals surface area (Å²) >= 11 is 5.62. The van der Waals surface area contributed by atoms with Gasteiger partial charge in [-0.25, -0.2) is 0 Å². The lowest BCUT2D eigenvalue weighted by Gasteiger charge is -2.38. The minimum atomic E-state index is -4.59. The highest BCUT2D eigenvalue weighted by molar-refractivity contribution is 6.31. The number of piperidine rings is 1. The molecule has 1 atom stereocenters. The van der Waals surface area contributed by atoms with Gasteiger partial charge in [0.15, 0.2) is 0 Å². The van der Waals surface area contributed by atoms with E-state index < -0.39 is 16.8 Å². The number of hydrogen-bond acceptors (Lipinski definition) is 4. The highest BCUT2D eigenvalue weighted by Crippen LogP contribution is 2.36. The molecule has 0 bridgehead atoms. The Balaban J connectivity index is 1.45. The van der Waals surface area contributed by atoms with Crippen molar-refractivity contribution in [2.45, 2.75) is 44.8 Å². The minimum Gasteiger partial charge on any atom is -0.339 e. The van der Waals surface area contributed by atoms with Gasteiger partial charge in [0.05, 0.1) is 23.7 Å². The maximum atomic E-state index is 13.0. The number of likely N-dealkylation sites (tertiary alicyclic amines) is 1. The zero-order valence-corrected chi connectivity index (χ0v) is 19.0. The van der Waals surface area contributed by atoms with Gasteiger partial charge in [-0.3, -0.25) is 19.4 Å². The fourth-order valence-corrected chi connectivity index (χ4v) is 4.59. The molecule has 1 N–H and O–H groups in total. The quantitative estimate of drug-likeness (QED) is 0.683. The molecule has 2 heterocycles. The summed E-state index contributed by atoms with van der Waals surface area (Å²) in [6, 6.07) is 3.66. The van der Waals surface area contributed by atoms with Crippen LogP contribution < -0.4 is 5.32 Å². The summed E-state index contributed by atoms with van der Waals surface area (Å²) < 4.78 is 39.0. The maximum absolute atomic E-state index is 13.0. The number of halogens is 4. The highest BCUT2D eigenvalue weighted by atomic mass is 35.5. The van der Waals surface area contributed by atoms with Gasteiger partial charge < -0.3 is 10.2 Å². The molecule has 0 spiro atoms. The smallest absolute Gasteiger partial charge is 0.339 e. The van der Waals surface area contributed by atoms with E-state index in [1.165, 1.54) is 12.5 Å². The van der Waals surface area contributed by atoms with Crippen LogP contribution in [0, 0.1) is 0 Å². The highest BCUT2D eigenvalue weighted by Gasteiger charge is 2.33. The number of rotatable bonds is 6. The molecular formula is C22H30ClF3N4O2. The molecule has 2 aliphatic heterocycles. The van der Waals surface area contributed by atoms with Gasteiger partial charge in [0.1, 0.15) is 0 Å². The third-order valence-electron chi connectivity index (χ3n) is 6.17. The lowest BCUT2D eigenvalue weighted by atomic mass is 10.00. The van der Waals surface area contributed by atoms with E-state index in [1.807, 2.05) is 9.80 Å². The molecule has 10 heteroatoms. The van der Waals surface area contributed by atoms with Gasteiger partial charge in [-0.2, -0.15) is 13.2 Å². The van der Waals surface area contributed by atoms with E-state index in [0.29, 0.717) is 38.8 Å². The van der Waals surface area contributed by atoms with Crippen LogP contribution in [0.15, 0.2) is 18.2 Å². The van der Waals surface area contributed by atoms with E-state index in [1.54, 1.807) is 0 Å². The van der Waals surface area contributed by atoms with E-state index >= 15 is 0 Å². The summed E-state index contributed by atoms with van der Waals surface area (Å²) in [4.78, 5) is 31.1. The number of hydrogen-bond donors (Lipinski definition) is 1. The lowest BCUT2D eigenvalue weighted by Crippen LogP contribution is -2.53. The number of carbonyl (C=O) groups is 2. The van der Waals surface area contributed by atoms with Gasteiger partial charge in [0, 0.05) is 44.5 Å². The number of nitrogens with one attached hydrogen (secondary N) is 1. The van der Waals surface area contributed by atoms with E-state index in [-0.39, 0.29) is 24.0 Å². The number of piperazine rings is 1. The van der Waals surface area contributed by atoms with Gasteiger partial charge >= 0.3 is 6.18 Å². The second-order valence-corrected chi connectivity index (χ2v) is 8.85. The van der Waals surface area contributed by atoms with Crippen LogP contribution in [0.1, 0.15) is 38.2 Å². The summed E-state index contributed by atoms with van der Waals surface area (Å²) in [5.74, 6) is -0.213. The van der Waals surface area contributed by atoms with Crippen LogP contribution >= 0.6 is 11.6 Å². The Bertz CT molecular complexity index is 813. The predicted molar refractivity (Wildman–Crippen MR) is 118 cm³/mol. The fraction of sp³-hybridized carbons (Fsp3) is 0.636. The van der Waals surface area contributed by atoms with Crippen LogP contribution in [0.4, 0.5) is 18.9 Å². The number of carbonyl (C=O) groups excluding carboxylic acids is 2. The second-order valence-electron chi connectivity index (χ2n) is 8.44. The van der Waals surface area contributed by atoms with Crippen molar-refractivity contribution in [3.05, 3.63) is 28.8 Å². The van der Waals surface area contributed by atoms with E-state index in [9.17, 15) is 22.8 Å². The Morgan fingerprint density at radius 3 is 2.34 bits per heavy atom. The van der Waals surface area contributed by atoms with E-state index in [2.05, 4.69) is 17.1 Å². The van der Waals surface area contributed by atoms with Crippen molar-refractivity contribution in [3.8, 4) is 0 Å². The van der Waals surface area contributed by atoms with Crippen LogP contribution in [0.5, 0.6) is 0 Å². The third kappa shape index (κ3) is 6.59. The van der Waals surface area contributed by atoms with Gasteiger partial charge in [0.25, 0.3) is 0 Å².